The van der Waals surface area contributed by atoms with Gasteiger partial charge in [-0.05, 0) is 29.8 Å². The van der Waals surface area contributed by atoms with Crippen molar-refractivity contribution in [2.45, 2.75) is 31.2 Å². The van der Waals surface area contributed by atoms with Crippen molar-refractivity contribution in [2.75, 3.05) is 12.4 Å². The van der Waals surface area contributed by atoms with Crippen molar-refractivity contribution in [1.82, 2.24) is 15.3 Å². The number of imidazole rings is 1. The molecule has 1 atom stereocenters. The van der Waals surface area contributed by atoms with Crippen LogP contribution in [0.4, 0.5) is 45.5 Å². The van der Waals surface area contributed by atoms with Gasteiger partial charge in [-0.3, -0.25) is 4.79 Å². The predicted octanol–water partition coefficient (Wildman–Crippen LogP) is 5.40. The number of fused-ring (bicyclic) bond motifs is 1. The monoisotopic (exact) mass is 560 g/mol. The molecule has 4 N–H and O–H groups in total. The second kappa shape index (κ2) is 11.5. The number of H-pyrrole nitrogens is 1. The van der Waals surface area contributed by atoms with E-state index >= 15 is 0 Å². The Balaban J connectivity index is 0.000000638. The summed E-state index contributed by atoms with van der Waals surface area (Å²) in [6.07, 6.45) is -14.7. The number of anilines is 1. The summed E-state index contributed by atoms with van der Waals surface area (Å²) in [6.45, 7) is 0. The van der Waals surface area contributed by atoms with Gasteiger partial charge in [-0.25, -0.2) is 9.78 Å². The highest BCUT2D eigenvalue weighted by atomic mass is 19.4. The number of aliphatic carboxylic acids is 1. The minimum absolute atomic E-state index is 0.0606. The number of benzene rings is 2. The first-order chi connectivity index (χ1) is 17.4. The van der Waals surface area contributed by atoms with Crippen molar-refractivity contribution in [2.24, 2.45) is 0 Å². The Morgan fingerprint density at radius 1 is 1.03 bits per heavy atom. The molecule has 17 heteroatoms. The van der Waals surface area contributed by atoms with Crippen LogP contribution < -0.4 is 15.4 Å². The number of alkyl halides is 9. The molecule has 1 heterocycles. The molecule has 208 valence electrons. The van der Waals surface area contributed by atoms with Crippen LogP contribution in [0.5, 0.6) is 5.75 Å². The number of hydrogen-bond acceptors (Lipinski definition) is 5. The molecule has 1 unspecified atom stereocenters. The summed E-state index contributed by atoms with van der Waals surface area (Å²) in [4.78, 5) is 27.7. The van der Waals surface area contributed by atoms with E-state index in [1.165, 1.54) is 25.2 Å². The summed E-state index contributed by atoms with van der Waals surface area (Å²) in [6, 6.07) is 7.02. The highest BCUT2D eigenvalue weighted by Gasteiger charge is 2.38. The normalized spacial score (nSPS) is 12.8. The highest BCUT2D eigenvalue weighted by Crippen LogP contribution is 2.33. The van der Waals surface area contributed by atoms with Crippen LogP contribution in [0.3, 0.4) is 0 Å². The lowest BCUT2D eigenvalue weighted by molar-refractivity contribution is -0.274. The highest BCUT2D eigenvalue weighted by molar-refractivity contribution is 5.80. The molecule has 0 saturated heterocycles. The molecule has 0 saturated carbocycles. The average molecular weight is 560 g/mol. The zero-order chi connectivity index (χ0) is 28.9. The number of amides is 1. The van der Waals surface area contributed by atoms with Gasteiger partial charge >= 0.3 is 24.7 Å². The lowest BCUT2D eigenvalue weighted by Gasteiger charge is -2.19. The van der Waals surface area contributed by atoms with E-state index in [0.29, 0.717) is 5.52 Å². The summed E-state index contributed by atoms with van der Waals surface area (Å²) < 4.78 is 112. The molecule has 0 spiro atoms. The van der Waals surface area contributed by atoms with Crippen molar-refractivity contribution < 1.29 is 58.9 Å². The van der Waals surface area contributed by atoms with E-state index in [0.717, 1.165) is 24.3 Å². The molecule has 3 rings (SSSR count). The second-order valence-corrected chi connectivity index (χ2v) is 7.31. The average Bonchev–Trinajstić information content (AvgIpc) is 3.18. The molecule has 8 nitrogen and oxygen atoms in total. The first-order valence-electron chi connectivity index (χ1n) is 10.1. The van der Waals surface area contributed by atoms with Crippen LogP contribution in [0.15, 0.2) is 42.5 Å². The minimum atomic E-state index is -5.08. The number of carbonyl (C=O) groups excluding carboxylic acids is 1. The quantitative estimate of drug-likeness (QED) is 0.300. The number of ether oxygens (including phenoxy) is 1. The number of carbonyl (C=O) groups is 2. The number of aromatic amines is 1. The maximum Gasteiger partial charge on any atom is 0.573 e. The van der Waals surface area contributed by atoms with Crippen LogP contribution in [0.25, 0.3) is 11.0 Å². The Morgan fingerprint density at radius 2 is 1.66 bits per heavy atom. The maximum absolute atomic E-state index is 13.1. The minimum Gasteiger partial charge on any atom is -0.475 e. The number of nitrogens with zero attached hydrogens (tertiary/aromatic N) is 1. The van der Waals surface area contributed by atoms with Crippen LogP contribution in [0, 0.1) is 0 Å². The number of nitrogens with one attached hydrogen (secondary N) is 3. The first kappa shape index (κ1) is 30.0. The lowest BCUT2D eigenvalue weighted by atomic mass is 10.0. The van der Waals surface area contributed by atoms with E-state index in [4.69, 9.17) is 9.90 Å². The van der Waals surface area contributed by atoms with E-state index in [1.807, 2.05) is 0 Å². The molecular formula is C21H17F9N4O4. The number of halogens is 9. The molecule has 3 aromatic rings. The van der Waals surface area contributed by atoms with Crippen molar-refractivity contribution in [1.29, 1.82) is 0 Å². The van der Waals surface area contributed by atoms with Gasteiger partial charge in [0.15, 0.2) is 0 Å². The van der Waals surface area contributed by atoms with Crippen LogP contribution >= 0.6 is 0 Å². The summed E-state index contributed by atoms with van der Waals surface area (Å²) in [7, 11) is 1.38. The van der Waals surface area contributed by atoms with E-state index in [9.17, 15) is 44.3 Å². The molecule has 2 aromatic carbocycles. The molecular weight excluding hydrogens is 543 g/mol. The smallest absolute Gasteiger partial charge is 0.475 e. The summed E-state index contributed by atoms with van der Waals surface area (Å²) >= 11 is 0. The zero-order valence-corrected chi connectivity index (χ0v) is 18.8. The van der Waals surface area contributed by atoms with Gasteiger partial charge in [0.2, 0.25) is 11.9 Å². The van der Waals surface area contributed by atoms with Crippen molar-refractivity contribution >= 4 is 28.9 Å². The standard InChI is InChI=1S/C19H16F6N4O2.C2HF3O2/c1-26-16(30)9-14(10-3-2-4-11(7-10)18(20,21)22)28-17-27-13-6-5-12(8-15(13)29-17)31-19(23,24)25;3-2(4,5)1(6)7/h2-8,14H,9H2,1H3,(H,26,30)(H2,27,28,29);(H,6,7). The van der Waals surface area contributed by atoms with Crippen LogP contribution in [-0.2, 0) is 15.8 Å². The fourth-order valence-corrected chi connectivity index (χ4v) is 2.89. The van der Waals surface area contributed by atoms with E-state index in [1.54, 1.807) is 0 Å². The molecule has 1 amide bonds. The number of hydrogen-bond donors (Lipinski definition) is 4. The van der Waals surface area contributed by atoms with Gasteiger partial charge in [0.25, 0.3) is 0 Å². The summed E-state index contributed by atoms with van der Waals surface area (Å²) in [5, 5.41) is 12.4. The molecule has 0 aliphatic rings. The number of carboxylic acid groups (broad SMARTS) is 1. The van der Waals surface area contributed by atoms with Gasteiger partial charge in [0.1, 0.15) is 5.75 Å². The van der Waals surface area contributed by atoms with Gasteiger partial charge in [-0.2, -0.15) is 26.3 Å². The van der Waals surface area contributed by atoms with Gasteiger partial charge in [-0.1, -0.05) is 12.1 Å². The van der Waals surface area contributed by atoms with Crippen LogP contribution in [0.1, 0.15) is 23.6 Å². The Kier molecular flexibility index (Phi) is 9.07. The molecule has 0 bridgehead atoms. The zero-order valence-electron chi connectivity index (χ0n) is 18.8. The van der Waals surface area contributed by atoms with Crippen LogP contribution in [0.2, 0.25) is 0 Å². The molecule has 0 fully saturated rings. The largest absolute Gasteiger partial charge is 0.573 e. The Bertz CT molecular complexity index is 1270. The Hall–Kier alpha value is -4.18. The fraction of sp³-hybridized carbons (Fsp3) is 0.286. The molecule has 0 radical (unpaired) electrons. The van der Waals surface area contributed by atoms with Gasteiger partial charge in [0, 0.05) is 13.1 Å². The van der Waals surface area contributed by atoms with Crippen molar-refractivity contribution in [3.8, 4) is 5.75 Å². The van der Waals surface area contributed by atoms with Gasteiger partial charge < -0.3 is 25.5 Å². The number of aromatic nitrogens is 2. The third-order valence-corrected chi connectivity index (χ3v) is 4.53. The third-order valence-electron chi connectivity index (χ3n) is 4.53. The van der Waals surface area contributed by atoms with Gasteiger partial charge in [-0.15, -0.1) is 13.2 Å². The summed E-state index contributed by atoms with van der Waals surface area (Å²) in [5.74, 6) is -3.60. The molecule has 38 heavy (non-hydrogen) atoms. The Morgan fingerprint density at radius 3 is 2.18 bits per heavy atom. The van der Waals surface area contributed by atoms with Crippen molar-refractivity contribution in [3.05, 3.63) is 53.6 Å². The maximum atomic E-state index is 13.1. The SMILES string of the molecule is CNC(=O)CC(Nc1nc2ccc(OC(F)(F)F)cc2[nH]1)c1cccc(C(F)(F)F)c1.O=C(O)C(F)(F)F. The van der Waals surface area contributed by atoms with Gasteiger partial charge in [0.05, 0.1) is 29.1 Å². The third kappa shape index (κ3) is 9.04. The van der Waals surface area contributed by atoms with E-state index in [-0.39, 0.29) is 23.4 Å². The second-order valence-electron chi connectivity index (χ2n) is 7.31. The Labute approximate surface area is 206 Å². The molecule has 0 aliphatic carbocycles. The number of carboxylic acids is 1. The topological polar surface area (TPSA) is 116 Å². The van der Waals surface area contributed by atoms with E-state index < -0.39 is 47.9 Å². The first-order valence-corrected chi connectivity index (χ1v) is 10.1. The predicted molar refractivity (Wildman–Crippen MR) is 113 cm³/mol. The van der Waals surface area contributed by atoms with E-state index in [2.05, 4.69) is 25.3 Å². The number of rotatable bonds is 6. The lowest BCUT2D eigenvalue weighted by Crippen LogP contribution is -2.24. The van der Waals surface area contributed by atoms with Crippen LogP contribution in [-0.4, -0.2) is 46.5 Å². The summed E-state index contributed by atoms with van der Waals surface area (Å²) in [5.41, 5.74) is -0.209. The molecule has 0 aliphatic heterocycles. The fourth-order valence-electron chi connectivity index (χ4n) is 2.89. The van der Waals surface area contributed by atoms with Crippen molar-refractivity contribution in [3.63, 3.8) is 0 Å². The molecule has 1 aromatic heterocycles.